The zero-order valence-corrected chi connectivity index (χ0v) is 16.2. The highest BCUT2D eigenvalue weighted by molar-refractivity contribution is 7.89. The van der Waals surface area contributed by atoms with Crippen molar-refractivity contribution in [3.63, 3.8) is 0 Å². The largest absolute Gasteiger partial charge is 0.496 e. The van der Waals surface area contributed by atoms with Gasteiger partial charge in [-0.05, 0) is 55.7 Å². The second kappa shape index (κ2) is 7.39. The van der Waals surface area contributed by atoms with Crippen molar-refractivity contribution < 1.29 is 17.9 Å². The molecule has 5 nitrogen and oxygen atoms in total. The Kier molecular flexibility index (Phi) is 5.37. The van der Waals surface area contributed by atoms with Gasteiger partial charge in [0.1, 0.15) is 10.6 Å². The van der Waals surface area contributed by atoms with Crippen LogP contribution < -0.4 is 4.74 Å². The summed E-state index contributed by atoms with van der Waals surface area (Å²) in [5.74, 6) is 0.484. The number of carbonyl (C=O) groups is 1. The van der Waals surface area contributed by atoms with E-state index in [2.05, 4.69) is 0 Å². The summed E-state index contributed by atoms with van der Waals surface area (Å²) in [7, 11) is -2.27. The number of methoxy groups -OCH3 is 1. The molecule has 1 saturated heterocycles. The van der Waals surface area contributed by atoms with Gasteiger partial charge in [-0.25, -0.2) is 8.42 Å². The van der Waals surface area contributed by atoms with E-state index in [4.69, 9.17) is 16.3 Å². The van der Waals surface area contributed by atoms with Gasteiger partial charge >= 0.3 is 0 Å². The minimum atomic E-state index is -3.84. The summed E-state index contributed by atoms with van der Waals surface area (Å²) in [6.07, 6.45) is 1.13. The third-order valence-corrected chi connectivity index (χ3v) is 7.02. The van der Waals surface area contributed by atoms with Gasteiger partial charge in [-0.15, -0.1) is 0 Å². The molecular weight excluding hydrogens is 374 g/mol. The number of halogens is 1. The summed E-state index contributed by atoms with van der Waals surface area (Å²) in [6.45, 7) is 2.15. The third-order valence-electron chi connectivity index (χ3n) is 4.61. The smallest absolute Gasteiger partial charge is 0.245 e. The second-order valence-electron chi connectivity index (χ2n) is 6.25. The van der Waals surface area contributed by atoms with E-state index in [0.717, 1.165) is 5.56 Å². The van der Waals surface area contributed by atoms with Gasteiger partial charge < -0.3 is 4.74 Å². The van der Waals surface area contributed by atoms with E-state index < -0.39 is 16.1 Å². The van der Waals surface area contributed by atoms with Crippen molar-refractivity contribution >= 4 is 27.4 Å². The molecule has 2 aromatic carbocycles. The Morgan fingerprint density at radius 3 is 2.62 bits per heavy atom. The lowest BCUT2D eigenvalue weighted by molar-refractivity contribution is 0.0918. The zero-order chi connectivity index (χ0) is 18.9. The molecule has 2 aromatic rings. The molecule has 7 heteroatoms. The fraction of sp³-hybridized carbons (Fsp3) is 0.316. The first kappa shape index (κ1) is 18.9. The summed E-state index contributed by atoms with van der Waals surface area (Å²) in [4.78, 5) is 13.0. The van der Waals surface area contributed by atoms with E-state index in [0.29, 0.717) is 30.7 Å². The molecule has 0 aliphatic carbocycles. The van der Waals surface area contributed by atoms with Gasteiger partial charge in [0.2, 0.25) is 10.0 Å². The Labute approximate surface area is 158 Å². The summed E-state index contributed by atoms with van der Waals surface area (Å²) >= 11 is 6.08. The first-order valence-corrected chi connectivity index (χ1v) is 10.1. The second-order valence-corrected chi connectivity index (χ2v) is 8.52. The Hall–Kier alpha value is -1.89. The minimum Gasteiger partial charge on any atom is -0.496 e. The van der Waals surface area contributed by atoms with Crippen molar-refractivity contribution in [2.24, 2.45) is 0 Å². The van der Waals surface area contributed by atoms with Crippen molar-refractivity contribution in [1.29, 1.82) is 0 Å². The Bertz CT molecular complexity index is 942. The molecule has 1 unspecified atom stereocenters. The van der Waals surface area contributed by atoms with E-state index >= 15 is 0 Å². The summed E-state index contributed by atoms with van der Waals surface area (Å²) in [5.41, 5.74) is 1.31. The van der Waals surface area contributed by atoms with Gasteiger partial charge in [-0.3, -0.25) is 4.79 Å². The monoisotopic (exact) mass is 393 g/mol. The Balaban J connectivity index is 1.94. The number of carbonyl (C=O) groups excluding carboxylic acids is 1. The zero-order valence-electron chi connectivity index (χ0n) is 14.6. The molecule has 0 spiro atoms. The first-order valence-electron chi connectivity index (χ1n) is 8.31. The van der Waals surface area contributed by atoms with Gasteiger partial charge in [0.05, 0.1) is 18.2 Å². The lowest BCUT2D eigenvalue weighted by atomic mass is 10.0. The SMILES string of the molecule is COc1ccc(C(=O)C2CCCN2S(=O)(=O)c2ccccc2Cl)cc1C. The number of aryl methyl sites for hydroxylation is 1. The van der Waals surface area contributed by atoms with Crippen LogP contribution in [0, 0.1) is 6.92 Å². The van der Waals surface area contributed by atoms with Crippen molar-refractivity contribution in [1.82, 2.24) is 4.31 Å². The van der Waals surface area contributed by atoms with Crippen LogP contribution in [0.25, 0.3) is 0 Å². The third kappa shape index (κ3) is 3.37. The summed E-state index contributed by atoms with van der Waals surface area (Å²) < 4.78 is 32.6. The molecule has 0 radical (unpaired) electrons. The summed E-state index contributed by atoms with van der Waals surface area (Å²) in [6, 6.07) is 10.7. The van der Waals surface area contributed by atoms with Crippen LogP contribution in [-0.4, -0.2) is 38.2 Å². The predicted molar refractivity (Wildman–Crippen MR) is 100 cm³/mol. The number of sulfonamides is 1. The van der Waals surface area contributed by atoms with Gasteiger partial charge in [0, 0.05) is 12.1 Å². The fourth-order valence-corrected chi connectivity index (χ4v) is 5.45. The van der Waals surface area contributed by atoms with Gasteiger partial charge in [0.15, 0.2) is 5.78 Å². The molecule has 0 aromatic heterocycles. The van der Waals surface area contributed by atoms with Crippen LogP contribution in [0.5, 0.6) is 5.75 Å². The molecule has 1 heterocycles. The van der Waals surface area contributed by atoms with E-state index in [1.807, 2.05) is 6.92 Å². The molecule has 1 aliphatic rings. The van der Waals surface area contributed by atoms with Crippen LogP contribution in [0.2, 0.25) is 5.02 Å². The molecule has 0 N–H and O–H groups in total. The van der Waals surface area contributed by atoms with Gasteiger partial charge in [-0.2, -0.15) is 4.31 Å². The van der Waals surface area contributed by atoms with Crippen LogP contribution in [0.1, 0.15) is 28.8 Å². The standard InChI is InChI=1S/C19H20ClNO4S/c1-13-12-14(9-10-17(13)25-2)19(22)16-7-5-11-21(16)26(23,24)18-8-4-3-6-15(18)20/h3-4,6,8-10,12,16H,5,7,11H2,1-2H3. The van der Waals surface area contributed by atoms with Crippen LogP contribution in [0.3, 0.4) is 0 Å². The molecular formula is C19H20ClNO4S. The molecule has 1 atom stereocenters. The molecule has 1 aliphatic heterocycles. The molecule has 0 bridgehead atoms. The molecule has 26 heavy (non-hydrogen) atoms. The molecule has 3 rings (SSSR count). The number of Topliss-reactive ketones (excluding diaryl/α,β-unsaturated/α-hetero) is 1. The maximum atomic E-state index is 13.0. The van der Waals surface area contributed by atoms with E-state index in [1.54, 1.807) is 37.4 Å². The topological polar surface area (TPSA) is 63.7 Å². The van der Waals surface area contributed by atoms with Crippen LogP contribution in [0.15, 0.2) is 47.4 Å². The minimum absolute atomic E-state index is 0.0345. The first-order chi connectivity index (χ1) is 12.4. The van der Waals surface area contributed by atoms with E-state index in [1.165, 1.54) is 16.4 Å². The predicted octanol–water partition coefficient (Wildman–Crippen LogP) is 3.69. The van der Waals surface area contributed by atoms with Gasteiger partial charge in [0.25, 0.3) is 0 Å². The lowest BCUT2D eigenvalue weighted by Crippen LogP contribution is -2.40. The number of nitrogens with zero attached hydrogens (tertiary/aromatic N) is 1. The van der Waals surface area contributed by atoms with E-state index in [9.17, 15) is 13.2 Å². The summed E-state index contributed by atoms with van der Waals surface area (Å²) in [5, 5.41) is 0.158. The normalized spacial score (nSPS) is 18.0. The molecule has 0 amide bonds. The number of rotatable bonds is 5. The average molecular weight is 394 g/mol. The number of hydrogen-bond acceptors (Lipinski definition) is 4. The van der Waals surface area contributed by atoms with Crippen molar-refractivity contribution in [2.75, 3.05) is 13.7 Å². The number of hydrogen-bond donors (Lipinski definition) is 0. The average Bonchev–Trinajstić information content (AvgIpc) is 3.12. The maximum Gasteiger partial charge on any atom is 0.245 e. The van der Waals surface area contributed by atoms with Crippen LogP contribution >= 0.6 is 11.6 Å². The Morgan fingerprint density at radius 1 is 1.23 bits per heavy atom. The quantitative estimate of drug-likeness (QED) is 0.726. The number of benzene rings is 2. The highest BCUT2D eigenvalue weighted by Gasteiger charge is 2.40. The van der Waals surface area contributed by atoms with Crippen molar-refractivity contribution in [3.8, 4) is 5.75 Å². The van der Waals surface area contributed by atoms with Crippen molar-refractivity contribution in [2.45, 2.75) is 30.7 Å². The number of ketones is 1. The molecule has 1 fully saturated rings. The lowest BCUT2D eigenvalue weighted by Gasteiger charge is -2.24. The van der Waals surface area contributed by atoms with Gasteiger partial charge in [-0.1, -0.05) is 23.7 Å². The fourth-order valence-electron chi connectivity index (χ4n) is 3.29. The van der Waals surface area contributed by atoms with Crippen LogP contribution in [-0.2, 0) is 10.0 Å². The molecule has 0 saturated carbocycles. The van der Waals surface area contributed by atoms with E-state index in [-0.39, 0.29) is 15.7 Å². The highest BCUT2D eigenvalue weighted by Crippen LogP contribution is 2.32. The highest BCUT2D eigenvalue weighted by atomic mass is 35.5. The Morgan fingerprint density at radius 2 is 1.96 bits per heavy atom. The maximum absolute atomic E-state index is 13.0. The molecule has 138 valence electrons. The van der Waals surface area contributed by atoms with Crippen molar-refractivity contribution in [3.05, 3.63) is 58.6 Å². The van der Waals surface area contributed by atoms with Crippen LogP contribution in [0.4, 0.5) is 0 Å². The number of ether oxygens (including phenoxy) is 1.